The van der Waals surface area contributed by atoms with Crippen molar-refractivity contribution < 1.29 is 24.5 Å². The molecule has 1 aliphatic heterocycles. The Morgan fingerprint density at radius 2 is 1.54 bits per heavy atom. The average molecular weight is 386 g/mol. The monoisotopic (exact) mass is 386 g/mol. The minimum absolute atomic E-state index is 0.772. The van der Waals surface area contributed by atoms with Crippen molar-refractivity contribution in [3.8, 4) is 16.9 Å². The van der Waals surface area contributed by atoms with Crippen LogP contribution in [0.25, 0.3) is 11.1 Å². The lowest BCUT2D eigenvalue weighted by Crippen LogP contribution is -2.43. The number of carbonyl (C=O) groups is 2. The Morgan fingerprint density at radius 1 is 0.929 bits per heavy atom. The number of rotatable bonds is 6. The minimum atomic E-state index is -1.82. The molecule has 0 aromatic heterocycles. The Bertz CT molecular complexity index is 733. The van der Waals surface area contributed by atoms with Gasteiger partial charge in [-0.25, -0.2) is 9.59 Å². The van der Waals surface area contributed by atoms with Gasteiger partial charge in [0.15, 0.2) is 0 Å². The summed E-state index contributed by atoms with van der Waals surface area (Å²) in [5.41, 5.74) is 2.38. The number of piperazine rings is 1. The summed E-state index contributed by atoms with van der Waals surface area (Å²) < 4.78 is 6.04. The third-order valence-electron chi connectivity index (χ3n) is 4.24. The fraction of sp³-hybridized carbons (Fsp3) is 0.333. The second kappa shape index (κ2) is 11.7. The molecular formula is C21H26N2O5. The Kier molecular flexibility index (Phi) is 8.97. The molecule has 0 aliphatic carbocycles. The predicted molar refractivity (Wildman–Crippen MR) is 107 cm³/mol. The summed E-state index contributed by atoms with van der Waals surface area (Å²) in [4.78, 5) is 20.7. The van der Waals surface area contributed by atoms with E-state index in [-0.39, 0.29) is 0 Å². The van der Waals surface area contributed by atoms with Crippen molar-refractivity contribution in [1.82, 2.24) is 10.2 Å². The molecule has 3 rings (SSSR count). The molecule has 7 heteroatoms. The highest BCUT2D eigenvalue weighted by Gasteiger charge is 2.09. The Hall–Kier alpha value is -2.90. The lowest BCUT2D eigenvalue weighted by molar-refractivity contribution is -0.159. The quantitative estimate of drug-likeness (QED) is 0.517. The summed E-state index contributed by atoms with van der Waals surface area (Å²) in [5, 5.41) is 18.2. The second-order valence-corrected chi connectivity index (χ2v) is 6.27. The van der Waals surface area contributed by atoms with Crippen LogP contribution >= 0.6 is 0 Å². The number of nitrogens with one attached hydrogen (secondary N) is 1. The van der Waals surface area contributed by atoms with Crippen LogP contribution in [0.1, 0.15) is 6.42 Å². The van der Waals surface area contributed by atoms with E-state index in [1.807, 2.05) is 12.1 Å². The molecule has 0 radical (unpaired) electrons. The topological polar surface area (TPSA) is 99.1 Å². The van der Waals surface area contributed by atoms with Gasteiger partial charge in [-0.2, -0.15) is 0 Å². The van der Waals surface area contributed by atoms with Crippen molar-refractivity contribution in [2.24, 2.45) is 0 Å². The van der Waals surface area contributed by atoms with Crippen LogP contribution < -0.4 is 10.1 Å². The number of carboxylic acids is 2. The first-order chi connectivity index (χ1) is 13.6. The number of aliphatic carboxylic acids is 2. The van der Waals surface area contributed by atoms with Gasteiger partial charge in [0.25, 0.3) is 0 Å². The average Bonchev–Trinajstić information content (AvgIpc) is 2.73. The van der Waals surface area contributed by atoms with Crippen LogP contribution in [-0.4, -0.2) is 66.4 Å². The van der Waals surface area contributed by atoms with Crippen LogP contribution in [0.5, 0.6) is 5.75 Å². The maximum atomic E-state index is 9.10. The molecule has 1 aliphatic rings. The van der Waals surface area contributed by atoms with E-state index in [1.165, 1.54) is 11.1 Å². The zero-order valence-corrected chi connectivity index (χ0v) is 15.7. The van der Waals surface area contributed by atoms with Crippen LogP contribution in [0.3, 0.4) is 0 Å². The highest BCUT2D eigenvalue weighted by atomic mass is 16.5. The SMILES string of the molecule is O=C(O)C(=O)O.c1ccc(-c2ccccc2OCCCN2CCNCC2)cc1. The molecule has 28 heavy (non-hydrogen) atoms. The van der Waals surface area contributed by atoms with Crippen molar-refractivity contribution in [1.29, 1.82) is 0 Å². The van der Waals surface area contributed by atoms with Gasteiger partial charge in [0.1, 0.15) is 5.75 Å². The molecule has 2 aromatic rings. The van der Waals surface area contributed by atoms with Gasteiger partial charge >= 0.3 is 11.9 Å². The Morgan fingerprint density at radius 3 is 2.18 bits per heavy atom. The molecule has 0 spiro atoms. The van der Waals surface area contributed by atoms with Gasteiger partial charge in [-0.05, 0) is 18.1 Å². The van der Waals surface area contributed by atoms with Gasteiger partial charge in [-0.3, -0.25) is 0 Å². The van der Waals surface area contributed by atoms with Crippen molar-refractivity contribution in [2.75, 3.05) is 39.3 Å². The molecule has 0 atom stereocenters. The molecule has 0 unspecified atom stereocenters. The van der Waals surface area contributed by atoms with Crippen molar-refractivity contribution >= 4 is 11.9 Å². The van der Waals surface area contributed by atoms with Gasteiger partial charge in [-0.15, -0.1) is 0 Å². The maximum absolute atomic E-state index is 9.10. The van der Waals surface area contributed by atoms with Crippen molar-refractivity contribution in [3.63, 3.8) is 0 Å². The van der Waals surface area contributed by atoms with Crippen LogP contribution in [-0.2, 0) is 9.59 Å². The minimum Gasteiger partial charge on any atom is -0.493 e. The number of hydrogen-bond donors (Lipinski definition) is 3. The number of nitrogens with zero attached hydrogens (tertiary/aromatic N) is 1. The van der Waals surface area contributed by atoms with E-state index in [0.717, 1.165) is 51.5 Å². The van der Waals surface area contributed by atoms with Gasteiger partial charge < -0.3 is 25.2 Å². The van der Waals surface area contributed by atoms with E-state index in [0.29, 0.717) is 0 Å². The van der Waals surface area contributed by atoms with Gasteiger partial charge in [-0.1, -0.05) is 48.5 Å². The van der Waals surface area contributed by atoms with Crippen LogP contribution in [0.15, 0.2) is 54.6 Å². The summed E-state index contributed by atoms with van der Waals surface area (Å²) in [6.07, 6.45) is 1.07. The molecular weight excluding hydrogens is 360 g/mol. The zero-order valence-electron chi connectivity index (χ0n) is 15.7. The van der Waals surface area contributed by atoms with E-state index in [4.69, 9.17) is 24.5 Å². The van der Waals surface area contributed by atoms with Crippen LogP contribution in [0.2, 0.25) is 0 Å². The number of benzene rings is 2. The van der Waals surface area contributed by atoms with Gasteiger partial charge in [0, 0.05) is 38.3 Å². The van der Waals surface area contributed by atoms with Crippen molar-refractivity contribution in [2.45, 2.75) is 6.42 Å². The maximum Gasteiger partial charge on any atom is 0.414 e. The smallest absolute Gasteiger partial charge is 0.414 e. The molecule has 1 heterocycles. The summed E-state index contributed by atoms with van der Waals surface area (Å²) in [5.74, 6) is -2.67. The van der Waals surface area contributed by atoms with E-state index in [9.17, 15) is 0 Å². The third-order valence-corrected chi connectivity index (χ3v) is 4.24. The molecule has 2 aromatic carbocycles. The molecule has 0 bridgehead atoms. The zero-order chi connectivity index (χ0) is 20.2. The number of hydrogen-bond acceptors (Lipinski definition) is 5. The summed E-state index contributed by atoms with van der Waals surface area (Å²) in [6, 6.07) is 18.7. The number of ether oxygens (including phenoxy) is 1. The predicted octanol–water partition coefficient (Wildman–Crippen LogP) is 2.18. The Balaban J connectivity index is 0.000000409. The summed E-state index contributed by atoms with van der Waals surface area (Å²) in [6.45, 7) is 6.42. The van der Waals surface area contributed by atoms with Crippen LogP contribution in [0, 0.1) is 0 Å². The lowest BCUT2D eigenvalue weighted by Gasteiger charge is -2.27. The standard InChI is InChI=1S/C19H24N2O.C2H2O4/c1-2-7-17(8-3-1)18-9-4-5-10-19(18)22-16-6-13-21-14-11-20-12-15-21;3-1(4)2(5)6/h1-5,7-10,20H,6,11-16H2;(H,3,4)(H,5,6). The molecule has 0 saturated carbocycles. The summed E-state index contributed by atoms with van der Waals surface area (Å²) in [7, 11) is 0. The first-order valence-electron chi connectivity index (χ1n) is 9.24. The fourth-order valence-corrected chi connectivity index (χ4v) is 2.85. The second-order valence-electron chi connectivity index (χ2n) is 6.27. The summed E-state index contributed by atoms with van der Waals surface area (Å²) >= 11 is 0. The first kappa shape index (κ1) is 21.4. The highest BCUT2D eigenvalue weighted by Crippen LogP contribution is 2.29. The molecule has 1 saturated heterocycles. The van der Waals surface area contributed by atoms with Crippen LogP contribution in [0.4, 0.5) is 0 Å². The molecule has 3 N–H and O–H groups in total. The molecule has 1 fully saturated rings. The van der Waals surface area contributed by atoms with E-state index in [1.54, 1.807) is 0 Å². The normalized spacial score (nSPS) is 13.9. The van der Waals surface area contributed by atoms with E-state index >= 15 is 0 Å². The number of carboxylic acid groups (broad SMARTS) is 2. The first-order valence-corrected chi connectivity index (χ1v) is 9.24. The largest absolute Gasteiger partial charge is 0.493 e. The molecule has 7 nitrogen and oxygen atoms in total. The van der Waals surface area contributed by atoms with Gasteiger partial charge in [0.2, 0.25) is 0 Å². The Labute approximate surface area is 164 Å². The van der Waals surface area contributed by atoms with Gasteiger partial charge in [0.05, 0.1) is 6.61 Å². The highest BCUT2D eigenvalue weighted by molar-refractivity contribution is 6.27. The third kappa shape index (κ3) is 7.38. The lowest BCUT2D eigenvalue weighted by atomic mass is 10.1. The molecule has 0 amide bonds. The van der Waals surface area contributed by atoms with Crippen molar-refractivity contribution in [3.05, 3.63) is 54.6 Å². The van der Waals surface area contributed by atoms with E-state index in [2.05, 4.69) is 52.7 Å². The fourth-order valence-electron chi connectivity index (χ4n) is 2.85. The molecule has 150 valence electrons. The van der Waals surface area contributed by atoms with E-state index < -0.39 is 11.9 Å². The number of para-hydroxylation sites is 1.